The second-order valence-corrected chi connectivity index (χ2v) is 6.52. The van der Waals surface area contributed by atoms with Crippen molar-refractivity contribution in [3.8, 4) is 0 Å². The third kappa shape index (κ3) is 5.28. The van der Waals surface area contributed by atoms with Gasteiger partial charge in [0.1, 0.15) is 0 Å². The maximum Gasteiger partial charge on any atom is 0.446 e. The molecular weight excluding hydrogens is 363 g/mol. The van der Waals surface area contributed by atoms with Gasteiger partial charge in [-0.05, 0) is 70.0 Å². The van der Waals surface area contributed by atoms with Gasteiger partial charge in [-0.25, -0.2) is 0 Å². The third-order valence-corrected chi connectivity index (χ3v) is 4.19. The summed E-state index contributed by atoms with van der Waals surface area (Å²) < 4.78 is 37.7. The van der Waals surface area contributed by atoms with E-state index in [0.29, 0.717) is 6.54 Å². The van der Waals surface area contributed by atoms with Crippen LogP contribution in [0.4, 0.5) is 18.9 Å². The Morgan fingerprint density at radius 2 is 1.76 bits per heavy atom. The fourth-order valence-corrected chi connectivity index (χ4v) is 2.71. The molecule has 1 N–H and O–H groups in total. The van der Waals surface area contributed by atoms with Gasteiger partial charge in [0.2, 0.25) is 0 Å². The molecule has 0 saturated carbocycles. The van der Waals surface area contributed by atoms with Crippen LogP contribution in [0.3, 0.4) is 0 Å². The summed E-state index contributed by atoms with van der Waals surface area (Å²) in [4.78, 5) is 0.197. The first-order valence-electron chi connectivity index (χ1n) is 6.18. The number of alkyl halides is 3. The van der Waals surface area contributed by atoms with Crippen LogP contribution in [0, 0.1) is 6.92 Å². The molecule has 0 bridgehead atoms. The van der Waals surface area contributed by atoms with Gasteiger partial charge in [-0.2, -0.15) is 13.2 Å². The molecule has 0 aliphatic heterocycles. The molecule has 0 radical (unpaired) electrons. The minimum Gasteiger partial charge on any atom is -0.380 e. The average molecular weight is 376 g/mol. The molecule has 0 saturated heterocycles. The Bertz CT molecular complexity index is 611. The zero-order chi connectivity index (χ0) is 15.5. The number of rotatable bonds is 4. The molecule has 6 heteroatoms. The predicted octanol–water partition coefficient (Wildman–Crippen LogP) is 5.98. The molecule has 0 aliphatic carbocycles. The largest absolute Gasteiger partial charge is 0.446 e. The topological polar surface area (TPSA) is 12.0 Å². The Labute approximate surface area is 134 Å². The number of aryl methyl sites for hydroxylation is 1. The number of halogens is 4. The number of anilines is 1. The fraction of sp³-hybridized carbons (Fsp3) is 0.200. The van der Waals surface area contributed by atoms with Gasteiger partial charge in [0, 0.05) is 21.6 Å². The summed E-state index contributed by atoms with van der Waals surface area (Å²) in [5, 5.41) is 3.26. The number of benzene rings is 2. The standard InChI is InChI=1S/C15H13BrF3NS/c1-10-2-7-13(16)14(8-10)20-9-11-3-5-12(6-4-11)21-15(17,18)19/h2-8,20H,9H2,1H3. The van der Waals surface area contributed by atoms with Crippen LogP contribution in [0.2, 0.25) is 0 Å². The van der Waals surface area contributed by atoms with Gasteiger partial charge < -0.3 is 5.32 Å². The van der Waals surface area contributed by atoms with Gasteiger partial charge in [0.25, 0.3) is 0 Å². The number of nitrogens with one attached hydrogen (secondary N) is 1. The Kier molecular flexibility index (Phi) is 5.22. The van der Waals surface area contributed by atoms with Crippen molar-refractivity contribution < 1.29 is 13.2 Å². The van der Waals surface area contributed by atoms with E-state index in [9.17, 15) is 13.2 Å². The van der Waals surface area contributed by atoms with Gasteiger partial charge in [0.05, 0.1) is 0 Å². The van der Waals surface area contributed by atoms with Gasteiger partial charge in [0.15, 0.2) is 0 Å². The Morgan fingerprint density at radius 1 is 1.10 bits per heavy atom. The van der Waals surface area contributed by atoms with Crippen LogP contribution < -0.4 is 5.32 Å². The molecule has 0 aromatic heterocycles. The highest BCUT2D eigenvalue weighted by atomic mass is 79.9. The molecule has 112 valence electrons. The first-order chi connectivity index (χ1) is 9.83. The first-order valence-corrected chi connectivity index (χ1v) is 7.79. The molecule has 0 spiro atoms. The Hall–Kier alpha value is -1.14. The minimum absolute atomic E-state index is 0.0996. The van der Waals surface area contributed by atoms with Crippen LogP contribution in [0.15, 0.2) is 51.8 Å². The van der Waals surface area contributed by atoms with E-state index in [1.807, 2.05) is 25.1 Å². The molecular formula is C15H13BrF3NS. The number of thioether (sulfide) groups is 1. The first kappa shape index (κ1) is 16.2. The summed E-state index contributed by atoms with van der Waals surface area (Å²) in [5.74, 6) is 0. The van der Waals surface area contributed by atoms with E-state index in [1.54, 1.807) is 12.1 Å². The number of hydrogen-bond donors (Lipinski definition) is 1. The lowest BCUT2D eigenvalue weighted by Gasteiger charge is -2.10. The summed E-state index contributed by atoms with van der Waals surface area (Å²) in [7, 11) is 0. The van der Waals surface area contributed by atoms with E-state index >= 15 is 0 Å². The quantitative estimate of drug-likeness (QED) is 0.659. The molecule has 0 unspecified atom stereocenters. The van der Waals surface area contributed by atoms with Crippen molar-refractivity contribution in [3.05, 3.63) is 58.1 Å². The van der Waals surface area contributed by atoms with Crippen molar-refractivity contribution in [2.75, 3.05) is 5.32 Å². The predicted molar refractivity (Wildman–Crippen MR) is 84.6 cm³/mol. The second kappa shape index (κ2) is 6.75. The average Bonchev–Trinajstić information content (AvgIpc) is 2.40. The maximum atomic E-state index is 12.2. The van der Waals surface area contributed by atoms with Crippen LogP contribution in [0.25, 0.3) is 0 Å². The SMILES string of the molecule is Cc1ccc(Br)c(NCc2ccc(SC(F)(F)F)cc2)c1. The van der Waals surface area contributed by atoms with Crippen LogP contribution in [0.1, 0.15) is 11.1 Å². The van der Waals surface area contributed by atoms with E-state index in [1.165, 1.54) is 12.1 Å². The van der Waals surface area contributed by atoms with Crippen molar-refractivity contribution >= 4 is 33.4 Å². The molecule has 0 aliphatic rings. The van der Waals surface area contributed by atoms with Crippen LogP contribution in [-0.4, -0.2) is 5.51 Å². The highest BCUT2D eigenvalue weighted by Crippen LogP contribution is 2.36. The van der Waals surface area contributed by atoms with Crippen molar-refractivity contribution in [1.82, 2.24) is 0 Å². The molecule has 1 nitrogen and oxygen atoms in total. The van der Waals surface area contributed by atoms with Crippen LogP contribution in [-0.2, 0) is 6.54 Å². The smallest absolute Gasteiger partial charge is 0.380 e. The van der Waals surface area contributed by atoms with Crippen molar-refractivity contribution in [2.24, 2.45) is 0 Å². The summed E-state index contributed by atoms with van der Waals surface area (Å²) in [6, 6.07) is 12.3. The minimum atomic E-state index is -4.24. The molecule has 0 amide bonds. The summed E-state index contributed by atoms with van der Waals surface area (Å²) in [6.45, 7) is 2.56. The third-order valence-electron chi connectivity index (χ3n) is 2.76. The molecule has 21 heavy (non-hydrogen) atoms. The van der Waals surface area contributed by atoms with Gasteiger partial charge >= 0.3 is 5.51 Å². The lowest BCUT2D eigenvalue weighted by Crippen LogP contribution is -2.01. The molecule has 2 aromatic rings. The van der Waals surface area contributed by atoms with Gasteiger partial charge in [-0.15, -0.1) is 0 Å². The molecule has 0 atom stereocenters. The number of hydrogen-bond acceptors (Lipinski definition) is 2. The van der Waals surface area contributed by atoms with Gasteiger partial charge in [-0.3, -0.25) is 0 Å². The van der Waals surface area contributed by atoms with E-state index < -0.39 is 5.51 Å². The van der Waals surface area contributed by atoms with E-state index in [2.05, 4.69) is 21.2 Å². The van der Waals surface area contributed by atoms with Gasteiger partial charge in [-0.1, -0.05) is 18.2 Å². The van der Waals surface area contributed by atoms with Crippen LogP contribution in [0.5, 0.6) is 0 Å². The Morgan fingerprint density at radius 3 is 2.38 bits per heavy atom. The van der Waals surface area contributed by atoms with E-state index in [-0.39, 0.29) is 16.7 Å². The highest BCUT2D eigenvalue weighted by molar-refractivity contribution is 9.10. The zero-order valence-electron chi connectivity index (χ0n) is 11.2. The lowest BCUT2D eigenvalue weighted by molar-refractivity contribution is -0.0328. The normalized spacial score (nSPS) is 11.5. The molecule has 2 rings (SSSR count). The van der Waals surface area contributed by atoms with Crippen molar-refractivity contribution in [2.45, 2.75) is 23.9 Å². The maximum absolute atomic E-state index is 12.2. The monoisotopic (exact) mass is 375 g/mol. The second-order valence-electron chi connectivity index (χ2n) is 4.53. The fourth-order valence-electron chi connectivity index (χ4n) is 1.78. The van der Waals surface area contributed by atoms with E-state index in [0.717, 1.165) is 21.3 Å². The lowest BCUT2D eigenvalue weighted by atomic mass is 10.2. The Balaban J connectivity index is 1.99. The molecule has 0 fully saturated rings. The van der Waals surface area contributed by atoms with Crippen molar-refractivity contribution in [3.63, 3.8) is 0 Å². The zero-order valence-corrected chi connectivity index (χ0v) is 13.6. The highest BCUT2D eigenvalue weighted by Gasteiger charge is 2.28. The molecule has 0 heterocycles. The summed E-state index contributed by atoms with van der Waals surface area (Å²) in [5.41, 5.74) is -1.22. The van der Waals surface area contributed by atoms with Crippen LogP contribution >= 0.6 is 27.7 Å². The van der Waals surface area contributed by atoms with Crippen molar-refractivity contribution in [1.29, 1.82) is 0 Å². The summed E-state index contributed by atoms with van der Waals surface area (Å²) in [6.07, 6.45) is 0. The summed E-state index contributed by atoms with van der Waals surface area (Å²) >= 11 is 3.36. The molecule has 2 aromatic carbocycles. The van der Waals surface area contributed by atoms with E-state index in [4.69, 9.17) is 0 Å².